The van der Waals surface area contributed by atoms with Crippen molar-refractivity contribution in [2.75, 3.05) is 19.3 Å². The number of fused-ring (bicyclic) bond motifs is 1. The number of esters is 1. The minimum Gasteiger partial charge on any atom is -0.449 e. The van der Waals surface area contributed by atoms with Crippen molar-refractivity contribution < 1.29 is 32.6 Å². The van der Waals surface area contributed by atoms with Gasteiger partial charge in [-0.3, -0.25) is 4.79 Å². The van der Waals surface area contributed by atoms with E-state index in [-0.39, 0.29) is 5.82 Å². The molecule has 1 aliphatic heterocycles. The van der Waals surface area contributed by atoms with Crippen molar-refractivity contribution in [1.29, 1.82) is 0 Å². The minimum absolute atomic E-state index is 0.288. The Kier molecular flexibility index (Phi) is 5.47. The number of anilines is 1. The van der Waals surface area contributed by atoms with Gasteiger partial charge in [-0.2, -0.15) is 13.2 Å². The number of carbonyl (C=O) groups is 2. The predicted molar refractivity (Wildman–Crippen MR) is 113 cm³/mol. The van der Waals surface area contributed by atoms with Crippen LogP contribution in [0.3, 0.4) is 0 Å². The summed E-state index contributed by atoms with van der Waals surface area (Å²) >= 11 is 1.37. The van der Waals surface area contributed by atoms with Gasteiger partial charge in [-0.15, -0.1) is 11.3 Å². The Bertz CT molecular complexity index is 1330. The average Bonchev–Trinajstić information content (AvgIpc) is 3.29. The molecule has 0 radical (unpaired) electrons. The van der Waals surface area contributed by atoms with Gasteiger partial charge in [-0.25, -0.2) is 14.8 Å². The molecule has 0 saturated carbocycles. The third kappa shape index (κ3) is 4.20. The number of hydrogen-bond acceptors (Lipinski definition) is 8. The molecule has 1 fully saturated rings. The molecule has 33 heavy (non-hydrogen) atoms. The number of likely N-dealkylation sites (tertiary alicyclic amines) is 1. The van der Waals surface area contributed by atoms with E-state index in [1.54, 1.807) is 36.5 Å². The van der Waals surface area contributed by atoms with Gasteiger partial charge in [-0.1, -0.05) is 18.1 Å². The molecule has 1 unspecified atom stereocenters. The van der Waals surface area contributed by atoms with Gasteiger partial charge in [-0.05, 0) is 24.1 Å². The van der Waals surface area contributed by atoms with Crippen LogP contribution in [0.15, 0.2) is 36.5 Å². The van der Waals surface area contributed by atoms with Crippen molar-refractivity contribution >= 4 is 39.2 Å². The van der Waals surface area contributed by atoms with Crippen molar-refractivity contribution in [1.82, 2.24) is 14.9 Å². The predicted octanol–water partition coefficient (Wildman–Crippen LogP) is 1.97. The van der Waals surface area contributed by atoms with E-state index in [4.69, 9.17) is 5.73 Å². The number of alkyl halides is 3. The zero-order valence-corrected chi connectivity index (χ0v) is 17.7. The van der Waals surface area contributed by atoms with Crippen molar-refractivity contribution in [3.05, 3.63) is 42.1 Å². The van der Waals surface area contributed by atoms with E-state index in [1.807, 2.05) is 0 Å². The van der Waals surface area contributed by atoms with Crippen molar-refractivity contribution in [2.45, 2.75) is 17.9 Å². The van der Waals surface area contributed by atoms with Crippen LogP contribution in [0, 0.1) is 11.8 Å². The van der Waals surface area contributed by atoms with Crippen LogP contribution in [0.25, 0.3) is 20.8 Å². The zero-order chi connectivity index (χ0) is 24.0. The SMILES string of the molecule is CN1CC(OC(=O)C(F)(F)F)[C@](O)(C#Cc2cccc(-c3nc4c(N)nccc4s3)c2)C1=O. The summed E-state index contributed by atoms with van der Waals surface area (Å²) in [6.45, 7) is -0.437. The van der Waals surface area contributed by atoms with Gasteiger partial charge in [0.2, 0.25) is 5.60 Å². The second kappa shape index (κ2) is 8.02. The number of amides is 1. The van der Waals surface area contributed by atoms with Crippen molar-refractivity contribution in [3.8, 4) is 22.4 Å². The lowest BCUT2D eigenvalue weighted by Gasteiger charge is -2.21. The monoisotopic (exact) mass is 476 g/mol. The van der Waals surface area contributed by atoms with Gasteiger partial charge in [0.05, 0.1) is 11.2 Å². The number of hydrogen-bond donors (Lipinski definition) is 2. The molecule has 3 aromatic rings. The number of nitrogen functional groups attached to an aromatic ring is 1. The van der Waals surface area contributed by atoms with E-state index in [1.165, 1.54) is 18.4 Å². The number of ether oxygens (including phenoxy) is 1. The lowest BCUT2D eigenvalue weighted by atomic mass is 9.99. The molecule has 0 aliphatic carbocycles. The lowest BCUT2D eigenvalue weighted by Crippen LogP contribution is -2.47. The zero-order valence-electron chi connectivity index (χ0n) is 16.9. The Labute approximate surface area is 188 Å². The number of carbonyl (C=O) groups excluding carboxylic acids is 2. The highest BCUT2D eigenvalue weighted by Crippen LogP contribution is 2.32. The fourth-order valence-corrected chi connectivity index (χ4v) is 4.21. The maximum atomic E-state index is 12.6. The lowest BCUT2D eigenvalue weighted by molar-refractivity contribution is -0.209. The molecule has 3 N–H and O–H groups in total. The van der Waals surface area contributed by atoms with Crippen LogP contribution in [0.5, 0.6) is 0 Å². The first-order chi connectivity index (χ1) is 15.5. The Morgan fingerprint density at radius 2 is 2.15 bits per heavy atom. The number of halogens is 3. The number of aromatic nitrogens is 2. The molecule has 1 aromatic carbocycles. The number of aliphatic hydroxyl groups is 1. The summed E-state index contributed by atoms with van der Waals surface area (Å²) in [5.41, 5.74) is 4.81. The van der Waals surface area contributed by atoms with E-state index in [0.717, 1.165) is 9.60 Å². The average molecular weight is 476 g/mol. The van der Waals surface area contributed by atoms with Gasteiger partial charge < -0.3 is 20.5 Å². The largest absolute Gasteiger partial charge is 0.490 e. The molecule has 170 valence electrons. The van der Waals surface area contributed by atoms with Crippen molar-refractivity contribution in [3.63, 3.8) is 0 Å². The van der Waals surface area contributed by atoms with Gasteiger partial charge in [0.1, 0.15) is 10.5 Å². The maximum absolute atomic E-state index is 12.6. The summed E-state index contributed by atoms with van der Waals surface area (Å²) in [6.07, 6.45) is -5.51. The molecule has 0 bridgehead atoms. The van der Waals surface area contributed by atoms with Crippen LogP contribution in [-0.4, -0.2) is 63.3 Å². The molecular weight excluding hydrogens is 461 g/mol. The minimum atomic E-state index is -5.27. The number of nitrogens with zero attached hydrogens (tertiary/aromatic N) is 3. The van der Waals surface area contributed by atoms with E-state index in [9.17, 15) is 27.9 Å². The highest BCUT2D eigenvalue weighted by Gasteiger charge is 2.56. The number of benzene rings is 1. The molecule has 12 heteroatoms. The van der Waals surface area contributed by atoms with E-state index in [0.29, 0.717) is 21.7 Å². The first-order valence-electron chi connectivity index (χ1n) is 9.39. The molecule has 2 aromatic heterocycles. The Morgan fingerprint density at radius 3 is 2.85 bits per heavy atom. The molecule has 2 atom stereocenters. The summed E-state index contributed by atoms with van der Waals surface area (Å²) in [6, 6.07) is 8.43. The maximum Gasteiger partial charge on any atom is 0.490 e. The number of pyridine rings is 1. The summed E-state index contributed by atoms with van der Waals surface area (Å²) in [5.74, 6) is 1.70. The molecule has 1 saturated heterocycles. The summed E-state index contributed by atoms with van der Waals surface area (Å²) in [5, 5.41) is 11.4. The summed E-state index contributed by atoms with van der Waals surface area (Å²) in [4.78, 5) is 33.0. The highest BCUT2D eigenvalue weighted by atomic mass is 32.1. The molecule has 3 heterocycles. The number of nitrogens with two attached hydrogens (primary N) is 1. The van der Waals surface area contributed by atoms with Crippen LogP contribution in [-0.2, 0) is 14.3 Å². The fourth-order valence-electron chi connectivity index (χ4n) is 3.24. The molecule has 1 aliphatic rings. The number of thiazole rings is 1. The van der Waals surface area contributed by atoms with Crippen molar-refractivity contribution in [2.24, 2.45) is 0 Å². The first-order valence-corrected chi connectivity index (χ1v) is 10.2. The number of rotatable bonds is 2. The van der Waals surface area contributed by atoms with Crippen LogP contribution < -0.4 is 5.73 Å². The Hall–Kier alpha value is -3.69. The van der Waals surface area contributed by atoms with E-state index >= 15 is 0 Å². The molecule has 4 rings (SSSR count). The van der Waals surface area contributed by atoms with Crippen LogP contribution in [0.2, 0.25) is 0 Å². The Morgan fingerprint density at radius 1 is 1.39 bits per heavy atom. The van der Waals surface area contributed by atoms with Gasteiger partial charge in [0.25, 0.3) is 5.91 Å². The van der Waals surface area contributed by atoms with Gasteiger partial charge >= 0.3 is 12.1 Å². The third-order valence-corrected chi connectivity index (χ3v) is 5.97. The second-order valence-corrected chi connectivity index (χ2v) is 8.27. The third-order valence-electron chi connectivity index (χ3n) is 4.90. The topological polar surface area (TPSA) is 119 Å². The first kappa shape index (κ1) is 22.5. The quantitative estimate of drug-likeness (QED) is 0.429. The molecule has 0 spiro atoms. The fraction of sp³-hybridized carbons (Fsp3) is 0.238. The van der Waals surface area contributed by atoms with Gasteiger partial charge in [0, 0.05) is 24.4 Å². The molecule has 8 nitrogen and oxygen atoms in total. The standard InChI is InChI=1S/C21H15F3N4O4S/c1-28-10-14(32-19(30)21(22,23)24)20(31,18(28)29)7-5-11-3-2-4-12(9-11)17-27-15-13(33-17)6-8-26-16(15)25/h2-4,6,8-9,14,31H,10H2,1H3,(H2,25,26)/t14?,20-/m1/s1. The van der Waals surface area contributed by atoms with Crippen LogP contribution >= 0.6 is 11.3 Å². The smallest absolute Gasteiger partial charge is 0.449 e. The second-order valence-electron chi connectivity index (χ2n) is 7.24. The van der Waals surface area contributed by atoms with Gasteiger partial charge in [0.15, 0.2) is 11.9 Å². The van der Waals surface area contributed by atoms with Crippen LogP contribution in [0.1, 0.15) is 5.56 Å². The highest BCUT2D eigenvalue weighted by molar-refractivity contribution is 7.21. The Balaban J connectivity index is 1.65. The summed E-state index contributed by atoms with van der Waals surface area (Å²) < 4.78 is 43.0. The van der Waals surface area contributed by atoms with Crippen LogP contribution in [0.4, 0.5) is 19.0 Å². The molecular formula is C21H15F3N4O4S. The van der Waals surface area contributed by atoms with E-state index in [2.05, 4.69) is 26.5 Å². The summed E-state index contributed by atoms with van der Waals surface area (Å²) in [7, 11) is 1.25. The molecule has 1 amide bonds. The van der Waals surface area contributed by atoms with E-state index < -0.39 is 36.3 Å². The number of likely N-dealkylation sites (N-methyl/N-ethyl adjacent to an activating group) is 1. The normalized spacial score (nSPS) is 20.6.